The lowest BCUT2D eigenvalue weighted by Gasteiger charge is -2.05. The second-order valence-corrected chi connectivity index (χ2v) is 3.39. The first-order chi connectivity index (χ1) is 9.79. The number of aliphatic imine (C=N–C) groups is 1. The van der Waals surface area contributed by atoms with Crippen LogP contribution in [-0.4, -0.2) is 19.5 Å². The fraction of sp³-hybridized carbons (Fsp3) is 0.778. The van der Waals surface area contributed by atoms with E-state index in [-0.39, 0.29) is 0 Å². The van der Waals surface area contributed by atoms with E-state index in [0.29, 0.717) is 0 Å². The van der Waals surface area contributed by atoms with Crippen molar-refractivity contribution in [2.24, 2.45) is 4.99 Å². The first-order valence-corrected chi connectivity index (χ1v) is 8.44. The van der Waals surface area contributed by atoms with Crippen molar-refractivity contribution in [2.75, 3.05) is 7.05 Å². The molecule has 0 saturated carbocycles. The van der Waals surface area contributed by atoms with Gasteiger partial charge in [0.05, 0.1) is 0 Å². The van der Waals surface area contributed by atoms with Crippen LogP contribution in [-0.2, 0) is 0 Å². The summed E-state index contributed by atoms with van der Waals surface area (Å²) < 4.78 is 0. The summed E-state index contributed by atoms with van der Waals surface area (Å²) in [6.45, 7) is 16.3. The SMILES string of the molecule is CC.CC.CC.CCCCC/C(C=N)=C(/C=NC)CC. The van der Waals surface area contributed by atoms with Gasteiger partial charge < -0.3 is 5.41 Å². The number of unbranched alkanes of at least 4 members (excludes halogenated alkanes) is 2. The molecule has 0 spiro atoms. The minimum absolute atomic E-state index is 0.966. The van der Waals surface area contributed by atoms with Crippen LogP contribution >= 0.6 is 0 Å². The van der Waals surface area contributed by atoms with E-state index in [2.05, 4.69) is 18.8 Å². The van der Waals surface area contributed by atoms with Crippen LogP contribution < -0.4 is 0 Å². The van der Waals surface area contributed by atoms with Gasteiger partial charge >= 0.3 is 0 Å². The van der Waals surface area contributed by atoms with E-state index in [9.17, 15) is 0 Å². The molecule has 0 fully saturated rings. The van der Waals surface area contributed by atoms with Gasteiger partial charge in [0.1, 0.15) is 0 Å². The lowest BCUT2D eigenvalue weighted by Crippen LogP contribution is -1.95. The number of nitrogens with zero attached hydrogens (tertiary/aromatic N) is 1. The summed E-state index contributed by atoms with van der Waals surface area (Å²) in [5.41, 5.74) is 2.35. The lowest BCUT2D eigenvalue weighted by atomic mass is 10.0. The van der Waals surface area contributed by atoms with Gasteiger partial charge in [-0.2, -0.15) is 0 Å². The number of hydrogen-bond acceptors (Lipinski definition) is 2. The Morgan fingerprint density at radius 3 is 1.70 bits per heavy atom. The normalized spacial score (nSPS) is 10.1. The lowest BCUT2D eigenvalue weighted by molar-refractivity contribution is 0.720. The molecule has 20 heavy (non-hydrogen) atoms. The highest BCUT2D eigenvalue weighted by atomic mass is 14.6. The van der Waals surface area contributed by atoms with Crippen molar-refractivity contribution in [3.63, 3.8) is 0 Å². The highest BCUT2D eigenvalue weighted by Gasteiger charge is 2.00. The molecule has 1 N–H and O–H groups in total. The molecule has 0 unspecified atom stereocenters. The van der Waals surface area contributed by atoms with Crippen LogP contribution in [0.15, 0.2) is 16.1 Å². The second kappa shape index (κ2) is 30.8. The molecule has 2 nitrogen and oxygen atoms in total. The number of nitrogens with one attached hydrogen (secondary N) is 1. The zero-order valence-electron chi connectivity index (χ0n) is 15.6. The maximum Gasteiger partial charge on any atom is 0.0277 e. The third kappa shape index (κ3) is 19.4. The fourth-order valence-corrected chi connectivity index (χ4v) is 1.45. The molecule has 2 heteroatoms. The summed E-state index contributed by atoms with van der Waals surface area (Å²) in [7, 11) is 1.78. The van der Waals surface area contributed by atoms with Crippen LogP contribution in [0, 0.1) is 5.41 Å². The highest BCUT2D eigenvalue weighted by Crippen LogP contribution is 2.13. The van der Waals surface area contributed by atoms with Crippen LogP contribution in [0.2, 0.25) is 0 Å². The second-order valence-electron chi connectivity index (χ2n) is 3.39. The molecule has 122 valence electrons. The minimum Gasteiger partial charge on any atom is -0.308 e. The molecule has 0 aromatic heterocycles. The predicted molar refractivity (Wildman–Crippen MR) is 98.7 cm³/mol. The van der Waals surface area contributed by atoms with Gasteiger partial charge in [-0.15, -0.1) is 0 Å². The molecule has 0 bridgehead atoms. The summed E-state index contributed by atoms with van der Waals surface area (Å²) >= 11 is 0. The molecule has 0 aliphatic carbocycles. The Labute approximate surface area is 129 Å². The van der Waals surface area contributed by atoms with Gasteiger partial charge in [-0.1, -0.05) is 68.2 Å². The van der Waals surface area contributed by atoms with E-state index in [4.69, 9.17) is 5.41 Å². The number of rotatable bonds is 7. The Hall–Kier alpha value is -0.920. The average Bonchev–Trinajstić information content (AvgIpc) is 2.55. The quantitative estimate of drug-likeness (QED) is 0.399. The van der Waals surface area contributed by atoms with Gasteiger partial charge in [-0.05, 0) is 30.4 Å². The van der Waals surface area contributed by atoms with Crippen LogP contribution in [0.5, 0.6) is 0 Å². The molecule has 0 atom stereocenters. The summed E-state index contributed by atoms with van der Waals surface area (Å²) in [6.07, 6.45) is 9.01. The van der Waals surface area contributed by atoms with Crippen LogP contribution in [0.4, 0.5) is 0 Å². The molecule has 0 aliphatic rings. The summed E-state index contributed by atoms with van der Waals surface area (Å²) in [6, 6.07) is 0. The highest BCUT2D eigenvalue weighted by molar-refractivity contribution is 5.89. The third-order valence-corrected chi connectivity index (χ3v) is 2.30. The molecule has 0 amide bonds. The first kappa shape index (κ1) is 27.4. The van der Waals surface area contributed by atoms with Crippen molar-refractivity contribution < 1.29 is 0 Å². The Balaban J connectivity index is -0.000000187. The number of allylic oxidation sites excluding steroid dienone is 2. The van der Waals surface area contributed by atoms with Gasteiger partial charge in [0.2, 0.25) is 0 Å². The van der Waals surface area contributed by atoms with Crippen molar-refractivity contribution >= 4 is 12.4 Å². The van der Waals surface area contributed by atoms with E-state index >= 15 is 0 Å². The zero-order chi connectivity index (χ0) is 16.8. The van der Waals surface area contributed by atoms with Gasteiger partial charge in [-0.3, -0.25) is 4.99 Å². The molecule has 0 heterocycles. The van der Waals surface area contributed by atoms with E-state index in [1.165, 1.54) is 31.1 Å². The van der Waals surface area contributed by atoms with Crippen LogP contribution in [0.1, 0.15) is 87.5 Å². The minimum atomic E-state index is 0.966. The van der Waals surface area contributed by atoms with Gasteiger partial charge in [0.15, 0.2) is 0 Å². The first-order valence-electron chi connectivity index (χ1n) is 8.44. The van der Waals surface area contributed by atoms with Crippen molar-refractivity contribution in [3.05, 3.63) is 11.1 Å². The van der Waals surface area contributed by atoms with E-state index in [0.717, 1.165) is 18.4 Å². The van der Waals surface area contributed by atoms with Crippen LogP contribution in [0.3, 0.4) is 0 Å². The van der Waals surface area contributed by atoms with E-state index < -0.39 is 0 Å². The third-order valence-electron chi connectivity index (χ3n) is 2.30. The van der Waals surface area contributed by atoms with E-state index in [1.54, 1.807) is 7.05 Å². The smallest absolute Gasteiger partial charge is 0.0277 e. The summed E-state index contributed by atoms with van der Waals surface area (Å²) in [4.78, 5) is 4.02. The molecular formula is C18H40N2. The Morgan fingerprint density at radius 1 is 0.900 bits per heavy atom. The Bertz CT molecular complexity index is 215. The Kier molecular flexibility index (Phi) is 42.3. The summed E-state index contributed by atoms with van der Waals surface area (Å²) in [5, 5.41) is 7.36. The number of hydrogen-bond donors (Lipinski definition) is 1. The van der Waals surface area contributed by atoms with Gasteiger partial charge in [-0.25, -0.2) is 0 Å². The predicted octanol–water partition coefficient (Wildman–Crippen LogP) is 6.70. The zero-order valence-corrected chi connectivity index (χ0v) is 15.6. The molecular weight excluding hydrogens is 244 g/mol. The molecule has 0 saturated heterocycles. The maximum atomic E-state index is 7.36. The monoisotopic (exact) mass is 284 g/mol. The van der Waals surface area contributed by atoms with Gasteiger partial charge in [0, 0.05) is 19.5 Å². The molecule has 0 radical (unpaired) electrons. The van der Waals surface area contributed by atoms with Crippen molar-refractivity contribution in [1.82, 2.24) is 0 Å². The van der Waals surface area contributed by atoms with Crippen molar-refractivity contribution in [3.8, 4) is 0 Å². The Morgan fingerprint density at radius 2 is 1.40 bits per heavy atom. The summed E-state index contributed by atoms with van der Waals surface area (Å²) in [5.74, 6) is 0. The largest absolute Gasteiger partial charge is 0.308 e. The van der Waals surface area contributed by atoms with E-state index in [1.807, 2.05) is 47.8 Å². The van der Waals surface area contributed by atoms with Crippen molar-refractivity contribution in [2.45, 2.75) is 87.5 Å². The standard InChI is InChI=1S/C12H22N2.3C2H6/c1-4-6-7-8-12(9-13)11(5-2)10-14-3;3*1-2/h9-10,13H,4-8H2,1-3H3;3*1-2H3/b12-11-,13-9?,14-10?;;;. The average molecular weight is 285 g/mol. The topological polar surface area (TPSA) is 36.2 Å². The molecule has 0 aliphatic heterocycles. The van der Waals surface area contributed by atoms with Crippen molar-refractivity contribution in [1.29, 1.82) is 5.41 Å². The maximum absolute atomic E-state index is 7.36. The fourth-order valence-electron chi connectivity index (χ4n) is 1.45. The molecule has 0 rings (SSSR count). The van der Waals surface area contributed by atoms with Gasteiger partial charge in [0.25, 0.3) is 0 Å². The molecule has 0 aromatic carbocycles. The molecule has 0 aromatic rings. The van der Waals surface area contributed by atoms with Crippen LogP contribution in [0.25, 0.3) is 0 Å².